The van der Waals surface area contributed by atoms with E-state index in [1.165, 1.54) is 42.5 Å². The first-order valence-corrected chi connectivity index (χ1v) is 11.8. The number of carbonyl (C=O) groups excluding carboxylic acids is 1. The number of carbonyl (C=O) groups is 1. The van der Waals surface area contributed by atoms with Crippen LogP contribution in [-0.2, 0) is 4.74 Å². The summed E-state index contributed by atoms with van der Waals surface area (Å²) in [4.78, 5) is 10.8. The first kappa shape index (κ1) is 24.9. The number of unbranched alkanes of at least 4 members (excludes halogenated alkanes) is 1. The maximum absolute atomic E-state index is 15.0. The number of hydrogen-bond acceptors (Lipinski definition) is 2. The number of allylic oxidation sites excluding steroid dienone is 1. The smallest absolute Gasteiger partial charge is 0.169 e. The van der Waals surface area contributed by atoms with Gasteiger partial charge in [-0.25, -0.2) is 17.6 Å². The molecule has 0 N–H and O–H groups in total. The third-order valence-corrected chi connectivity index (χ3v) is 6.39. The van der Waals surface area contributed by atoms with Crippen LogP contribution in [0, 0.1) is 23.3 Å². The van der Waals surface area contributed by atoms with Gasteiger partial charge in [-0.1, -0.05) is 61.9 Å². The largest absolute Gasteiger partial charge is 0.378 e. The Bertz CT molecular complexity index is 1250. The molecule has 0 saturated heterocycles. The van der Waals surface area contributed by atoms with Gasteiger partial charge in [-0.05, 0) is 48.4 Å². The van der Waals surface area contributed by atoms with Gasteiger partial charge in [-0.3, -0.25) is 4.79 Å². The Morgan fingerprint density at radius 2 is 1.40 bits per heavy atom. The number of rotatable bonds is 8. The lowest BCUT2D eigenvalue weighted by atomic mass is 9.90. The molecule has 0 aliphatic heterocycles. The first-order chi connectivity index (χ1) is 16.9. The van der Waals surface area contributed by atoms with Gasteiger partial charge >= 0.3 is 0 Å². The summed E-state index contributed by atoms with van der Waals surface area (Å²) in [5.41, 5.74) is 1.47. The summed E-state index contributed by atoms with van der Waals surface area (Å²) in [6.45, 7) is 2.82. The van der Waals surface area contributed by atoms with Gasteiger partial charge in [0.2, 0.25) is 0 Å². The van der Waals surface area contributed by atoms with Gasteiger partial charge in [0, 0.05) is 23.3 Å². The van der Waals surface area contributed by atoms with Crippen LogP contribution in [0.25, 0.3) is 27.8 Å². The molecule has 35 heavy (non-hydrogen) atoms. The van der Waals surface area contributed by atoms with Crippen LogP contribution in [0.2, 0.25) is 0 Å². The van der Waals surface area contributed by atoms with Crippen molar-refractivity contribution in [3.63, 3.8) is 0 Å². The van der Waals surface area contributed by atoms with E-state index in [9.17, 15) is 13.6 Å². The van der Waals surface area contributed by atoms with Crippen molar-refractivity contribution < 1.29 is 27.1 Å². The van der Waals surface area contributed by atoms with Crippen molar-refractivity contribution in [1.29, 1.82) is 0 Å². The summed E-state index contributed by atoms with van der Waals surface area (Å²) >= 11 is 0. The van der Waals surface area contributed by atoms with Crippen molar-refractivity contribution >= 4 is 11.9 Å². The Kier molecular flexibility index (Phi) is 7.81. The molecule has 182 valence electrons. The highest BCUT2D eigenvalue weighted by molar-refractivity contribution is 5.79. The average molecular weight is 483 g/mol. The standard InChI is InChI=1S/C29H26F4O2/c1-2-3-16-35-22-11-8-20(9-12-22)25-15-14-24(28(32)29(25)33)19-6-4-18(5-7-19)23-13-10-21(17-34)26(30)27(23)31/h4-8,10,13-15,17,22H,2-3,9,11-12,16H2,1H3. The average Bonchev–Trinajstić information content (AvgIpc) is 2.88. The molecule has 1 unspecified atom stereocenters. The molecule has 0 heterocycles. The molecule has 2 nitrogen and oxygen atoms in total. The summed E-state index contributed by atoms with van der Waals surface area (Å²) in [5, 5.41) is 0. The summed E-state index contributed by atoms with van der Waals surface area (Å²) in [6, 6.07) is 11.7. The van der Waals surface area contributed by atoms with Crippen molar-refractivity contribution in [1.82, 2.24) is 0 Å². The van der Waals surface area contributed by atoms with E-state index in [1.807, 2.05) is 6.08 Å². The highest BCUT2D eigenvalue weighted by Gasteiger charge is 2.22. The van der Waals surface area contributed by atoms with Crippen molar-refractivity contribution in [2.75, 3.05) is 6.61 Å². The zero-order valence-corrected chi connectivity index (χ0v) is 19.4. The van der Waals surface area contributed by atoms with Crippen LogP contribution >= 0.6 is 0 Å². The Morgan fingerprint density at radius 3 is 1.97 bits per heavy atom. The van der Waals surface area contributed by atoms with E-state index < -0.39 is 23.3 Å². The van der Waals surface area contributed by atoms with Gasteiger partial charge in [-0.2, -0.15) is 0 Å². The van der Waals surface area contributed by atoms with E-state index in [0.717, 1.165) is 24.8 Å². The first-order valence-electron chi connectivity index (χ1n) is 11.8. The lowest BCUT2D eigenvalue weighted by Gasteiger charge is -2.23. The summed E-state index contributed by atoms with van der Waals surface area (Å²) in [6.07, 6.45) is 6.42. The van der Waals surface area contributed by atoms with Crippen molar-refractivity contribution in [3.05, 3.63) is 89.0 Å². The number of aldehydes is 1. The van der Waals surface area contributed by atoms with Crippen LogP contribution in [0.15, 0.2) is 54.6 Å². The van der Waals surface area contributed by atoms with Crippen LogP contribution in [-0.4, -0.2) is 19.0 Å². The second-order valence-corrected chi connectivity index (χ2v) is 8.66. The topological polar surface area (TPSA) is 26.3 Å². The SMILES string of the molecule is CCCCOC1CC=C(c2ccc(-c3ccc(-c4ccc(C=O)c(F)c4F)cc3)c(F)c2F)CC1. The van der Waals surface area contributed by atoms with E-state index in [0.29, 0.717) is 30.6 Å². The molecule has 0 bridgehead atoms. The summed E-state index contributed by atoms with van der Waals surface area (Å²) in [5.74, 6) is -4.21. The molecular weight excluding hydrogens is 456 g/mol. The maximum Gasteiger partial charge on any atom is 0.169 e. The third-order valence-electron chi connectivity index (χ3n) is 6.39. The van der Waals surface area contributed by atoms with Gasteiger partial charge < -0.3 is 4.74 Å². The molecule has 1 aliphatic carbocycles. The Hall–Kier alpha value is -3.25. The van der Waals surface area contributed by atoms with Gasteiger partial charge in [0.1, 0.15) is 0 Å². The fourth-order valence-electron chi connectivity index (χ4n) is 4.33. The second kappa shape index (κ2) is 11.0. The van der Waals surface area contributed by atoms with Crippen LogP contribution in [0.3, 0.4) is 0 Å². The Morgan fingerprint density at radius 1 is 0.829 bits per heavy atom. The maximum atomic E-state index is 15.0. The summed E-state index contributed by atoms with van der Waals surface area (Å²) < 4.78 is 64.2. The van der Waals surface area contributed by atoms with Crippen molar-refractivity contribution in [2.45, 2.75) is 45.1 Å². The minimum atomic E-state index is -1.22. The molecule has 3 aromatic carbocycles. The zero-order chi connectivity index (χ0) is 24.9. The number of benzene rings is 3. The fraction of sp³-hybridized carbons (Fsp3) is 0.276. The predicted octanol–water partition coefficient (Wildman–Crippen LogP) is 8.14. The highest BCUT2D eigenvalue weighted by atomic mass is 19.2. The molecule has 0 fully saturated rings. The number of halogens is 4. The van der Waals surface area contributed by atoms with Gasteiger partial charge in [0.25, 0.3) is 0 Å². The number of hydrogen-bond donors (Lipinski definition) is 0. The zero-order valence-electron chi connectivity index (χ0n) is 19.4. The van der Waals surface area contributed by atoms with Crippen molar-refractivity contribution in [2.24, 2.45) is 0 Å². The normalized spacial score (nSPS) is 15.7. The molecule has 0 spiro atoms. The monoisotopic (exact) mass is 482 g/mol. The molecule has 0 amide bonds. The molecule has 1 atom stereocenters. The van der Waals surface area contributed by atoms with Gasteiger partial charge in [-0.15, -0.1) is 0 Å². The van der Waals surface area contributed by atoms with Gasteiger partial charge in [0.15, 0.2) is 29.6 Å². The Labute approximate surface area is 202 Å². The minimum absolute atomic E-state index is 0.0251. The van der Waals surface area contributed by atoms with E-state index in [1.54, 1.807) is 6.07 Å². The van der Waals surface area contributed by atoms with Crippen LogP contribution in [0.5, 0.6) is 0 Å². The minimum Gasteiger partial charge on any atom is -0.378 e. The molecule has 6 heteroatoms. The number of ether oxygens (including phenoxy) is 1. The molecular formula is C29H26F4O2. The lowest BCUT2D eigenvalue weighted by Crippen LogP contribution is -2.16. The molecule has 1 aliphatic rings. The van der Waals surface area contributed by atoms with E-state index >= 15 is 8.78 Å². The Balaban J connectivity index is 1.55. The van der Waals surface area contributed by atoms with Crippen LogP contribution < -0.4 is 0 Å². The molecule has 3 aromatic rings. The second-order valence-electron chi connectivity index (χ2n) is 8.66. The third kappa shape index (κ3) is 5.22. The van der Waals surface area contributed by atoms with E-state index in [-0.39, 0.29) is 34.6 Å². The van der Waals surface area contributed by atoms with Crippen LogP contribution in [0.1, 0.15) is 54.9 Å². The summed E-state index contributed by atoms with van der Waals surface area (Å²) in [7, 11) is 0. The van der Waals surface area contributed by atoms with Crippen LogP contribution in [0.4, 0.5) is 17.6 Å². The quantitative estimate of drug-likeness (QED) is 0.184. The molecule has 0 radical (unpaired) electrons. The molecule has 0 saturated carbocycles. The van der Waals surface area contributed by atoms with E-state index in [4.69, 9.17) is 4.74 Å². The van der Waals surface area contributed by atoms with Crippen molar-refractivity contribution in [3.8, 4) is 22.3 Å². The highest BCUT2D eigenvalue weighted by Crippen LogP contribution is 2.35. The van der Waals surface area contributed by atoms with E-state index in [2.05, 4.69) is 6.92 Å². The van der Waals surface area contributed by atoms with Gasteiger partial charge in [0.05, 0.1) is 11.7 Å². The molecule has 4 rings (SSSR count). The lowest BCUT2D eigenvalue weighted by molar-refractivity contribution is 0.0466. The molecule has 0 aromatic heterocycles. The predicted molar refractivity (Wildman–Crippen MR) is 129 cm³/mol. The fourth-order valence-corrected chi connectivity index (χ4v) is 4.33.